The van der Waals surface area contributed by atoms with E-state index in [9.17, 15) is 5.11 Å². The fourth-order valence-corrected chi connectivity index (χ4v) is 6.26. The molecule has 0 amide bonds. The number of aliphatic hydroxyl groups excluding tert-OH is 1. The highest BCUT2D eigenvalue weighted by atomic mass is 16.5. The molecule has 2 aliphatic carbocycles. The summed E-state index contributed by atoms with van der Waals surface area (Å²) >= 11 is 0. The normalized spacial score (nSPS) is 30.3. The number of hydrogen-bond acceptors (Lipinski definition) is 4. The first-order chi connectivity index (χ1) is 14.7. The maximum Gasteiger partial charge on any atom is 0.0794 e. The van der Waals surface area contributed by atoms with Crippen molar-refractivity contribution < 1.29 is 9.84 Å². The van der Waals surface area contributed by atoms with Crippen LogP contribution in [-0.2, 0) is 10.2 Å². The van der Waals surface area contributed by atoms with Crippen molar-refractivity contribution in [2.75, 3.05) is 13.2 Å². The topological polar surface area (TPSA) is 54.4 Å². The van der Waals surface area contributed by atoms with Gasteiger partial charge in [-0.15, -0.1) is 0 Å². The Morgan fingerprint density at radius 1 is 1.00 bits per heavy atom. The lowest BCUT2D eigenvalue weighted by molar-refractivity contribution is -0.104. The van der Waals surface area contributed by atoms with Crippen LogP contribution in [0.1, 0.15) is 86.8 Å². The second-order valence-electron chi connectivity index (χ2n) is 9.64. The molecular weight excluding hydrogens is 372 g/mol. The van der Waals surface area contributed by atoms with Crippen LogP contribution >= 0.6 is 0 Å². The quantitative estimate of drug-likeness (QED) is 0.734. The Balaban J connectivity index is 1.34. The van der Waals surface area contributed by atoms with Crippen LogP contribution in [0.25, 0.3) is 0 Å². The molecule has 3 atom stereocenters. The molecule has 4 nitrogen and oxygen atoms in total. The molecule has 1 aliphatic heterocycles. The molecule has 1 unspecified atom stereocenters. The van der Waals surface area contributed by atoms with Crippen molar-refractivity contribution in [1.29, 1.82) is 0 Å². The predicted molar refractivity (Wildman–Crippen MR) is 118 cm³/mol. The lowest BCUT2D eigenvalue weighted by atomic mass is 9.68. The smallest absolute Gasteiger partial charge is 0.0794 e. The first kappa shape index (κ1) is 20.2. The molecule has 1 saturated heterocycles. The van der Waals surface area contributed by atoms with Crippen molar-refractivity contribution in [3.05, 3.63) is 65.5 Å². The summed E-state index contributed by atoms with van der Waals surface area (Å²) < 4.78 is 6.38. The highest BCUT2D eigenvalue weighted by Gasteiger charge is 2.48. The van der Waals surface area contributed by atoms with Gasteiger partial charge >= 0.3 is 0 Å². The van der Waals surface area contributed by atoms with Gasteiger partial charge in [-0.2, -0.15) is 0 Å². The van der Waals surface area contributed by atoms with E-state index in [0.717, 1.165) is 50.8 Å². The number of pyridine rings is 1. The molecule has 2 aromatic rings. The molecule has 5 rings (SSSR count). The summed E-state index contributed by atoms with van der Waals surface area (Å²) in [5, 5.41) is 14.2. The largest absolute Gasteiger partial charge is 0.388 e. The van der Waals surface area contributed by atoms with E-state index in [1.807, 2.05) is 18.3 Å². The molecular formula is C26H34N2O2. The van der Waals surface area contributed by atoms with Crippen molar-refractivity contribution >= 4 is 0 Å². The van der Waals surface area contributed by atoms with Gasteiger partial charge in [0.15, 0.2) is 0 Å². The van der Waals surface area contributed by atoms with Crippen molar-refractivity contribution in [2.45, 2.75) is 80.9 Å². The highest BCUT2D eigenvalue weighted by molar-refractivity contribution is 5.34. The zero-order valence-corrected chi connectivity index (χ0v) is 17.9. The number of aliphatic hydroxyl groups is 1. The summed E-state index contributed by atoms with van der Waals surface area (Å²) in [5.41, 5.74) is 3.75. The Morgan fingerprint density at radius 3 is 2.60 bits per heavy atom. The van der Waals surface area contributed by atoms with Gasteiger partial charge in [0.25, 0.3) is 0 Å². The van der Waals surface area contributed by atoms with Crippen LogP contribution in [0.4, 0.5) is 0 Å². The average Bonchev–Trinajstić information content (AvgIpc) is 3.23. The molecule has 4 heteroatoms. The molecule has 1 aromatic carbocycles. The first-order valence-corrected chi connectivity index (χ1v) is 11.8. The van der Waals surface area contributed by atoms with Gasteiger partial charge in [-0.3, -0.25) is 4.98 Å². The van der Waals surface area contributed by atoms with Gasteiger partial charge in [0, 0.05) is 30.0 Å². The van der Waals surface area contributed by atoms with Crippen LogP contribution in [0.3, 0.4) is 0 Å². The summed E-state index contributed by atoms with van der Waals surface area (Å²) in [7, 11) is 0. The Bertz CT molecular complexity index is 849. The molecule has 2 N–H and O–H groups in total. The van der Waals surface area contributed by atoms with E-state index in [2.05, 4.69) is 35.6 Å². The van der Waals surface area contributed by atoms with Gasteiger partial charge in [0.1, 0.15) is 0 Å². The number of rotatable bonds is 5. The summed E-state index contributed by atoms with van der Waals surface area (Å²) in [6.45, 7) is 1.80. The van der Waals surface area contributed by atoms with E-state index in [4.69, 9.17) is 9.72 Å². The summed E-state index contributed by atoms with van der Waals surface area (Å²) in [5.74, 6) is 0. The number of aromatic nitrogens is 1. The summed E-state index contributed by atoms with van der Waals surface area (Å²) in [6, 6.07) is 15.1. The minimum atomic E-state index is -0.322. The number of fused-ring (bicyclic) bond motifs is 1. The lowest BCUT2D eigenvalue weighted by Gasteiger charge is -2.46. The zero-order valence-electron chi connectivity index (χ0n) is 17.9. The number of ether oxygens (including phenoxy) is 1. The molecule has 0 bridgehead atoms. The number of nitrogens with zero attached hydrogens (tertiary/aromatic N) is 1. The van der Waals surface area contributed by atoms with Crippen molar-refractivity contribution in [3.63, 3.8) is 0 Å². The predicted octanol–water partition coefficient (Wildman–Crippen LogP) is 4.99. The minimum Gasteiger partial charge on any atom is -0.388 e. The fraction of sp³-hybridized carbons (Fsp3) is 0.577. The maximum atomic E-state index is 10.4. The zero-order chi connectivity index (χ0) is 20.4. The van der Waals surface area contributed by atoms with Crippen LogP contribution in [0, 0.1) is 0 Å². The molecule has 2 fully saturated rings. The van der Waals surface area contributed by atoms with Crippen molar-refractivity contribution in [3.8, 4) is 0 Å². The third kappa shape index (κ3) is 3.81. The van der Waals surface area contributed by atoms with E-state index in [-0.39, 0.29) is 17.1 Å². The van der Waals surface area contributed by atoms with Crippen LogP contribution in [0.2, 0.25) is 0 Å². The van der Waals surface area contributed by atoms with Crippen LogP contribution in [0.15, 0.2) is 48.7 Å². The molecule has 1 spiro atoms. The van der Waals surface area contributed by atoms with E-state index in [1.165, 1.54) is 36.9 Å². The molecule has 1 aromatic heterocycles. The summed E-state index contributed by atoms with van der Waals surface area (Å²) in [6.07, 6.45) is 11.6. The molecule has 3 aliphatic rings. The van der Waals surface area contributed by atoms with E-state index in [0.29, 0.717) is 6.04 Å². The van der Waals surface area contributed by atoms with Crippen molar-refractivity contribution in [2.24, 2.45) is 0 Å². The maximum absolute atomic E-state index is 10.4. The number of nitrogens with one attached hydrogen (secondary N) is 1. The van der Waals surface area contributed by atoms with Crippen LogP contribution in [-0.4, -0.2) is 28.8 Å². The second kappa shape index (κ2) is 8.41. The molecule has 30 heavy (non-hydrogen) atoms. The third-order valence-electron chi connectivity index (χ3n) is 7.83. The van der Waals surface area contributed by atoms with Gasteiger partial charge in [-0.1, -0.05) is 43.2 Å². The van der Waals surface area contributed by atoms with E-state index >= 15 is 0 Å². The molecule has 1 saturated carbocycles. The second-order valence-corrected chi connectivity index (χ2v) is 9.64. The van der Waals surface area contributed by atoms with E-state index in [1.54, 1.807) is 0 Å². The van der Waals surface area contributed by atoms with Gasteiger partial charge in [-0.25, -0.2) is 0 Å². The number of hydrogen-bond donors (Lipinski definition) is 2. The Kier molecular flexibility index (Phi) is 5.65. The van der Waals surface area contributed by atoms with E-state index < -0.39 is 0 Å². The van der Waals surface area contributed by atoms with Gasteiger partial charge in [0.2, 0.25) is 0 Å². The van der Waals surface area contributed by atoms with Crippen LogP contribution in [0.5, 0.6) is 0 Å². The average molecular weight is 407 g/mol. The van der Waals surface area contributed by atoms with Crippen LogP contribution < -0.4 is 5.32 Å². The van der Waals surface area contributed by atoms with Gasteiger partial charge < -0.3 is 15.2 Å². The Labute approximate surface area is 180 Å². The van der Waals surface area contributed by atoms with Crippen molar-refractivity contribution in [1.82, 2.24) is 10.3 Å². The SMILES string of the molecule is O[C@H]1CC[C@H](NCCC2(c3ccccn3)CCOC3(CCCC3)C2)c2ccccc21. The monoisotopic (exact) mass is 406 g/mol. The first-order valence-electron chi connectivity index (χ1n) is 11.8. The Morgan fingerprint density at radius 2 is 1.80 bits per heavy atom. The molecule has 2 heterocycles. The molecule has 0 radical (unpaired) electrons. The van der Waals surface area contributed by atoms with Gasteiger partial charge in [-0.05, 0) is 74.8 Å². The minimum absolute atomic E-state index is 0.0668. The summed E-state index contributed by atoms with van der Waals surface area (Å²) in [4.78, 5) is 4.82. The fourth-order valence-electron chi connectivity index (χ4n) is 6.26. The third-order valence-corrected chi connectivity index (χ3v) is 7.83. The standard InChI is InChI=1S/C26H34N2O2/c29-23-11-10-22(20-7-1-2-8-21(20)23)27-17-14-25(24-9-3-6-16-28-24)15-18-30-26(19-25)12-4-5-13-26/h1-3,6-9,16,22-23,27,29H,4-5,10-15,17-19H2/t22-,23-,25?/m0/s1. The van der Waals surface area contributed by atoms with Gasteiger partial charge in [0.05, 0.1) is 11.7 Å². The number of benzene rings is 1. The lowest BCUT2D eigenvalue weighted by Crippen LogP contribution is -2.47. The Hall–Kier alpha value is -1.75. The highest BCUT2D eigenvalue weighted by Crippen LogP contribution is 2.49. The molecule has 160 valence electrons.